The largest absolute Gasteiger partial charge is 0.330 e. The summed E-state index contributed by atoms with van der Waals surface area (Å²) < 4.78 is 3.69. The Hall–Kier alpha value is -1.86. The highest BCUT2D eigenvalue weighted by Gasteiger charge is 2.30. The summed E-state index contributed by atoms with van der Waals surface area (Å²) in [4.78, 5) is 13.6. The molecular formula is C11H11N5OS. The lowest BCUT2D eigenvalue weighted by Gasteiger charge is -2.12. The number of rotatable bonds is 3. The Balaban J connectivity index is 2.01. The standard InChI is InChI=1S/C11H11N5OS/c12-4-3-7-1-2-9-8(5-7)6-10(17)16(9)11-13-14-15-18-11/h1-2,5H,3-4,6,12H2. The van der Waals surface area contributed by atoms with E-state index in [0.29, 0.717) is 18.1 Å². The lowest BCUT2D eigenvalue weighted by Crippen LogP contribution is -2.20. The Morgan fingerprint density at radius 3 is 3.06 bits per heavy atom. The zero-order valence-electron chi connectivity index (χ0n) is 9.54. The SMILES string of the molecule is NCCc1ccc2c(c1)CC(=O)N2c1nnns1. The van der Waals surface area contributed by atoms with Crippen LogP contribution in [0.3, 0.4) is 0 Å². The molecule has 1 aliphatic heterocycles. The third-order valence-corrected chi connectivity index (χ3v) is 3.47. The van der Waals surface area contributed by atoms with Crippen molar-refractivity contribution < 1.29 is 4.79 Å². The van der Waals surface area contributed by atoms with Crippen molar-refractivity contribution in [3.63, 3.8) is 0 Å². The van der Waals surface area contributed by atoms with Gasteiger partial charge in [0, 0.05) is 11.5 Å². The van der Waals surface area contributed by atoms with Crippen LogP contribution in [0.2, 0.25) is 0 Å². The number of nitrogens with two attached hydrogens (primary N) is 1. The fourth-order valence-electron chi connectivity index (χ4n) is 2.12. The Labute approximate surface area is 108 Å². The van der Waals surface area contributed by atoms with Crippen molar-refractivity contribution in [2.24, 2.45) is 5.73 Å². The van der Waals surface area contributed by atoms with Gasteiger partial charge in [-0.2, -0.15) is 0 Å². The van der Waals surface area contributed by atoms with Crippen LogP contribution in [0, 0.1) is 0 Å². The first kappa shape index (κ1) is 11.2. The lowest BCUT2D eigenvalue weighted by atomic mass is 10.1. The molecule has 0 atom stereocenters. The fraction of sp³-hybridized carbons (Fsp3) is 0.273. The number of anilines is 2. The fourth-order valence-corrected chi connectivity index (χ4v) is 2.62. The minimum Gasteiger partial charge on any atom is -0.330 e. The van der Waals surface area contributed by atoms with E-state index in [2.05, 4.69) is 14.8 Å². The normalized spacial score (nSPS) is 14.1. The summed E-state index contributed by atoms with van der Waals surface area (Å²) in [5.74, 6) is 0.00782. The van der Waals surface area contributed by atoms with Gasteiger partial charge in [0.15, 0.2) is 0 Å². The molecule has 0 spiro atoms. The van der Waals surface area contributed by atoms with Gasteiger partial charge < -0.3 is 5.73 Å². The second-order valence-electron chi connectivity index (χ2n) is 4.05. The van der Waals surface area contributed by atoms with Gasteiger partial charge in [0.1, 0.15) is 0 Å². The molecule has 0 unspecified atom stereocenters. The Morgan fingerprint density at radius 2 is 2.33 bits per heavy atom. The highest BCUT2D eigenvalue weighted by atomic mass is 32.1. The maximum absolute atomic E-state index is 12.0. The van der Waals surface area contributed by atoms with Crippen LogP contribution in [0.4, 0.5) is 10.8 Å². The first-order valence-corrected chi connectivity index (χ1v) is 6.37. The first-order valence-electron chi connectivity index (χ1n) is 5.59. The van der Waals surface area contributed by atoms with Gasteiger partial charge in [-0.25, -0.2) is 0 Å². The summed E-state index contributed by atoms with van der Waals surface area (Å²) in [6, 6.07) is 5.97. The van der Waals surface area contributed by atoms with Crippen LogP contribution in [0.15, 0.2) is 18.2 Å². The Bertz CT molecular complexity index is 583. The molecule has 1 amide bonds. The molecule has 0 aliphatic carbocycles. The molecule has 0 bridgehead atoms. The third kappa shape index (κ3) is 1.77. The summed E-state index contributed by atoms with van der Waals surface area (Å²) in [7, 11) is 0. The van der Waals surface area contributed by atoms with E-state index >= 15 is 0 Å². The van der Waals surface area contributed by atoms with Crippen molar-refractivity contribution in [1.29, 1.82) is 0 Å². The summed E-state index contributed by atoms with van der Waals surface area (Å²) in [5.41, 5.74) is 8.58. The number of hydrogen-bond acceptors (Lipinski definition) is 6. The molecule has 0 radical (unpaired) electrons. The van der Waals surface area contributed by atoms with Gasteiger partial charge in [0.05, 0.1) is 12.1 Å². The molecule has 0 fully saturated rings. The summed E-state index contributed by atoms with van der Waals surface area (Å²) in [6.45, 7) is 0.608. The highest BCUT2D eigenvalue weighted by molar-refractivity contribution is 7.09. The molecule has 0 saturated carbocycles. The van der Waals surface area contributed by atoms with E-state index in [0.717, 1.165) is 34.8 Å². The monoisotopic (exact) mass is 261 g/mol. The minimum absolute atomic E-state index is 0.00782. The topological polar surface area (TPSA) is 85.0 Å². The van der Waals surface area contributed by atoms with Crippen LogP contribution in [0.25, 0.3) is 0 Å². The van der Waals surface area contributed by atoms with Gasteiger partial charge >= 0.3 is 0 Å². The number of aromatic nitrogens is 3. The van der Waals surface area contributed by atoms with Crippen molar-refractivity contribution in [1.82, 2.24) is 14.8 Å². The second kappa shape index (κ2) is 4.43. The molecule has 2 N–H and O–H groups in total. The number of amides is 1. The average Bonchev–Trinajstić information content (AvgIpc) is 2.95. The molecule has 2 heterocycles. The van der Waals surface area contributed by atoms with Gasteiger partial charge in [-0.15, -0.1) is 0 Å². The number of carbonyl (C=O) groups is 1. The molecule has 1 aromatic carbocycles. The number of nitrogens with zero attached hydrogens (tertiary/aromatic N) is 4. The average molecular weight is 261 g/mol. The van der Waals surface area contributed by atoms with Gasteiger partial charge in [0.2, 0.25) is 11.0 Å². The lowest BCUT2D eigenvalue weighted by molar-refractivity contribution is -0.116. The zero-order valence-corrected chi connectivity index (χ0v) is 10.4. The smallest absolute Gasteiger partial charge is 0.239 e. The number of carbonyl (C=O) groups excluding carboxylic acids is 1. The van der Waals surface area contributed by atoms with Crippen molar-refractivity contribution in [3.05, 3.63) is 29.3 Å². The van der Waals surface area contributed by atoms with Crippen molar-refractivity contribution in [2.75, 3.05) is 11.4 Å². The molecule has 6 nitrogen and oxygen atoms in total. The summed E-state index contributed by atoms with van der Waals surface area (Å²) in [5, 5.41) is 7.90. The molecule has 2 aromatic rings. The number of fused-ring (bicyclic) bond motifs is 1. The maximum atomic E-state index is 12.0. The maximum Gasteiger partial charge on any atom is 0.239 e. The van der Waals surface area contributed by atoms with Crippen LogP contribution < -0.4 is 10.6 Å². The van der Waals surface area contributed by atoms with Crippen LogP contribution >= 0.6 is 11.5 Å². The van der Waals surface area contributed by atoms with E-state index in [-0.39, 0.29) is 5.91 Å². The first-order chi connectivity index (χ1) is 8.79. The van der Waals surface area contributed by atoms with Gasteiger partial charge in [-0.3, -0.25) is 9.69 Å². The summed E-state index contributed by atoms with van der Waals surface area (Å²) >= 11 is 1.11. The quantitative estimate of drug-likeness (QED) is 0.877. The molecule has 7 heteroatoms. The van der Waals surface area contributed by atoms with Crippen LogP contribution in [0.1, 0.15) is 11.1 Å². The molecule has 0 saturated heterocycles. The second-order valence-corrected chi connectivity index (χ2v) is 4.76. The van der Waals surface area contributed by atoms with Crippen molar-refractivity contribution in [2.45, 2.75) is 12.8 Å². The van der Waals surface area contributed by atoms with E-state index < -0.39 is 0 Å². The zero-order chi connectivity index (χ0) is 12.5. The van der Waals surface area contributed by atoms with E-state index in [9.17, 15) is 4.79 Å². The van der Waals surface area contributed by atoms with Crippen LogP contribution in [-0.2, 0) is 17.6 Å². The molecular weight excluding hydrogens is 250 g/mol. The van der Waals surface area contributed by atoms with Gasteiger partial charge in [0.25, 0.3) is 0 Å². The highest BCUT2D eigenvalue weighted by Crippen LogP contribution is 2.35. The molecule has 92 valence electrons. The minimum atomic E-state index is 0.00782. The van der Waals surface area contributed by atoms with Crippen molar-refractivity contribution >= 4 is 28.3 Å². The molecule has 1 aromatic heterocycles. The van der Waals surface area contributed by atoms with Gasteiger partial charge in [-0.1, -0.05) is 21.7 Å². The molecule has 3 rings (SSSR count). The van der Waals surface area contributed by atoms with Crippen LogP contribution in [0.5, 0.6) is 0 Å². The van der Waals surface area contributed by atoms with E-state index in [1.807, 2.05) is 18.2 Å². The van der Waals surface area contributed by atoms with Gasteiger partial charge in [-0.05, 0) is 35.4 Å². The third-order valence-electron chi connectivity index (χ3n) is 2.89. The number of hydrogen-bond donors (Lipinski definition) is 1. The van der Waals surface area contributed by atoms with E-state index in [1.54, 1.807) is 4.90 Å². The van der Waals surface area contributed by atoms with Crippen LogP contribution in [-0.4, -0.2) is 27.3 Å². The Morgan fingerprint density at radius 1 is 1.44 bits per heavy atom. The predicted octanol–water partition coefficient (Wildman–Crippen LogP) is 0.655. The predicted molar refractivity (Wildman–Crippen MR) is 67.8 cm³/mol. The van der Waals surface area contributed by atoms with E-state index in [4.69, 9.17) is 5.73 Å². The summed E-state index contributed by atoms with van der Waals surface area (Å²) in [6.07, 6.45) is 1.22. The Kier molecular flexibility index (Phi) is 2.77. The van der Waals surface area contributed by atoms with E-state index in [1.165, 1.54) is 0 Å². The molecule has 1 aliphatic rings. The molecule has 18 heavy (non-hydrogen) atoms. The van der Waals surface area contributed by atoms with Crippen molar-refractivity contribution in [3.8, 4) is 0 Å². The number of benzene rings is 1.